The zero-order valence-corrected chi connectivity index (χ0v) is 11.0. The van der Waals surface area contributed by atoms with Crippen LogP contribution in [0.3, 0.4) is 0 Å². The molecule has 1 aromatic heterocycles. The van der Waals surface area contributed by atoms with Gasteiger partial charge in [-0.3, -0.25) is 0 Å². The molecule has 0 saturated carbocycles. The second kappa shape index (κ2) is 4.16. The van der Waals surface area contributed by atoms with Gasteiger partial charge in [0.1, 0.15) is 0 Å². The summed E-state index contributed by atoms with van der Waals surface area (Å²) in [6.45, 7) is 2.07. The quantitative estimate of drug-likeness (QED) is 0.834. The molecule has 1 aliphatic carbocycles. The van der Waals surface area contributed by atoms with Crippen molar-refractivity contribution >= 4 is 5.95 Å². The zero-order valence-electron chi connectivity index (χ0n) is 11.0. The van der Waals surface area contributed by atoms with Gasteiger partial charge in [-0.25, -0.2) is 4.98 Å². The second-order valence-corrected chi connectivity index (χ2v) is 5.15. The van der Waals surface area contributed by atoms with Gasteiger partial charge in [0.2, 0.25) is 5.95 Å². The molecule has 0 saturated heterocycles. The van der Waals surface area contributed by atoms with Crippen molar-refractivity contribution in [2.45, 2.75) is 32.6 Å². The fourth-order valence-electron chi connectivity index (χ4n) is 2.76. The second-order valence-electron chi connectivity index (χ2n) is 5.15. The predicted molar refractivity (Wildman–Crippen MR) is 74.4 cm³/mol. The molecule has 0 spiro atoms. The lowest BCUT2D eigenvalue weighted by Crippen LogP contribution is -2.02. The van der Waals surface area contributed by atoms with Crippen molar-refractivity contribution < 1.29 is 0 Å². The first-order valence-corrected chi connectivity index (χ1v) is 6.58. The monoisotopic (exact) mass is 241 g/mol. The molecule has 3 rings (SSSR count). The molecule has 18 heavy (non-hydrogen) atoms. The minimum Gasteiger partial charge on any atom is -0.369 e. The number of benzene rings is 1. The number of aromatic nitrogens is 2. The number of hydrogen-bond acceptors (Lipinski definition) is 2. The Kier molecular flexibility index (Phi) is 2.62. The molecule has 2 aromatic rings. The van der Waals surface area contributed by atoms with Gasteiger partial charge in [0.25, 0.3) is 0 Å². The van der Waals surface area contributed by atoms with E-state index in [2.05, 4.69) is 30.1 Å². The Morgan fingerprint density at radius 2 is 1.89 bits per heavy atom. The van der Waals surface area contributed by atoms with E-state index in [1.54, 1.807) is 0 Å². The number of nitrogens with zero attached hydrogens (tertiary/aromatic N) is 2. The van der Waals surface area contributed by atoms with Gasteiger partial charge >= 0.3 is 0 Å². The first kappa shape index (κ1) is 11.3. The summed E-state index contributed by atoms with van der Waals surface area (Å²) in [6.07, 6.45) is 5.05. The smallest absolute Gasteiger partial charge is 0.200 e. The van der Waals surface area contributed by atoms with E-state index in [0.717, 1.165) is 11.4 Å². The Hall–Kier alpha value is -1.77. The van der Waals surface area contributed by atoms with E-state index in [-0.39, 0.29) is 0 Å². The summed E-state index contributed by atoms with van der Waals surface area (Å²) in [7, 11) is 1.96. The van der Waals surface area contributed by atoms with Gasteiger partial charge in [-0.2, -0.15) is 0 Å². The van der Waals surface area contributed by atoms with E-state index in [1.807, 2.05) is 11.6 Å². The van der Waals surface area contributed by atoms with Crippen LogP contribution in [0.25, 0.3) is 11.3 Å². The summed E-state index contributed by atoms with van der Waals surface area (Å²) in [4.78, 5) is 4.47. The van der Waals surface area contributed by atoms with Crippen LogP contribution in [0, 0.1) is 6.92 Å². The highest BCUT2D eigenvalue weighted by atomic mass is 15.1. The summed E-state index contributed by atoms with van der Waals surface area (Å²) < 4.78 is 1.94. The number of nitrogens with two attached hydrogens (primary N) is 1. The number of nitrogen functional groups attached to an aromatic ring is 1. The molecule has 3 heteroatoms. The van der Waals surface area contributed by atoms with Crippen molar-refractivity contribution in [2.75, 3.05) is 5.73 Å². The summed E-state index contributed by atoms with van der Waals surface area (Å²) in [5.74, 6) is 0.584. The average molecular weight is 241 g/mol. The number of anilines is 1. The van der Waals surface area contributed by atoms with E-state index in [0.29, 0.717) is 5.95 Å². The van der Waals surface area contributed by atoms with E-state index < -0.39 is 0 Å². The Bertz CT molecular complexity index is 596. The minimum absolute atomic E-state index is 0.584. The molecule has 1 heterocycles. The number of hydrogen-bond donors (Lipinski definition) is 1. The van der Waals surface area contributed by atoms with Crippen LogP contribution in [0.15, 0.2) is 18.2 Å². The topological polar surface area (TPSA) is 43.8 Å². The van der Waals surface area contributed by atoms with Crippen LogP contribution in [0.2, 0.25) is 0 Å². The number of fused-ring (bicyclic) bond motifs is 1. The summed E-state index contributed by atoms with van der Waals surface area (Å²) in [5.41, 5.74) is 12.2. The van der Waals surface area contributed by atoms with Gasteiger partial charge in [-0.05, 0) is 49.8 Å². The van der Waals surface area contributed by atoms with Crippen LogP contribution >= 0.6 is 0 Å². The van der Waals surface area contributed by atoms with Crippen LogP contribution in [0.4, 0.5) is 5.95 Å². The highest BCUT2D eigenvalue weighted by Gasteiger charge is 2.14. The fraction of sp³-hybridized carbons (Fsp3) is 0.400. The normalized spacial score (nSPS) is 14.6. The van der Waals surface area contributed by atoms with Crippen molar-refractivity contribution in [1.29, 1.82) is 0 Å². The van der Waals surface area contributed by atoms with Crippen molar-refractivity contribution in [1.82, 2.24) is 9.55 Å². The van der Waals surface area contributed by atoms with Crippen molar-refractivity contribution in [3.8, 4) is 11.3 Å². The van der Waals surface area contributed by atoms with E-state index in [4.69, 9.17) is 5.73 Å². The molecular formula is C15H19N3. The van der Waals surface area contributed by atoms with Crippen LogP contribution in [-0.4, -0.2) is 9.55 Å². The summed E-state index contributed by atoms with van der Waals surface area (Å²) in [6, 6.07) is 6.73. The van der Waals surface area contributed by atoms with Crippen LogP contribution in [0.5, 0.6) is 0 Å². The Labute approximate surface area is 108 Å². The molecule has 0 amide bonds. The maximum atomic E-state index is 5.87. The Morgan fingerprint density at radius 3 is 2.56 bits per heavy atom. The maximum absolute atomic E-state index is 5.87. The molecule has 94 valence electrons. The SMILES string of the molecule is Cc1c(-c2ccc3c(c2)CCCC3)nc(N)n1C. The summed E-state index contributed by atoms with van der Waals surface area (Å²) in [5, 5.41) is 0. The van der Waals surface area contributed by atoms with Crippen molar-refractivity contribution in [3.63, 3.8) is 0 Å². The highest BCUT2D eigenvalue weighted by molar-refractivity contribution is 5.65. The maximum Gasteiger partial charge on any atom is 0.200 e. The molecule has 3 nitrogen and oxygen atoms in total. The van der Waals surface area contributed by atoms with Gasteiger partial charge in [-0.1, -0.05) is 12.1 Å². The lowest BCUT2D eigenvalue weighted by Gasteiger charge is -2.16. The molecular weight excluding hydrogens is 222 g/mol. The first-order chi connectivity index (χ1) is 8.66. The third-order valence-electron chi connectivity index (χ3n) is 4.04. The molecule has 1 aliphatic rings. The van der Waals surface area contributed by atoms with Gasteiger partial charge < -0.3 is 10.3 Å². The lowest BCUT2D eigenvalue weighted by molar-refractivity contribution is 0.686. The van der Waals surface area contributed by atoms with Crippen LogP contribution in [-0.2, 0) is 19.9 Å². The molecule has 0 fully saturated rings. The standard InChI is InChI=1S/C15H19N3/c1-10-14(17-15(16)18(10)2)13-8-7-11-5-3-4-6-12(11)9-13/h7-9H,3-6H2,1-2H3,(H2,16,17). The summed E-state index contributed by atoms with van der Waals surface area (Å²) >= 11 is 0. The largest absolute Gasteiger partial charge is 0.369 e. The third kappa shape index (κ3) is 1.70. The molecule has 0 radical (unpaired) electrons. The molecule has 0 aliphatic heterocycles. The van der Waals surface area contributed by atoms with E-state index in [1.165, 1.54) is 42.4 Å². The molecule has 0 bridgehead atoms. The third-order valence-corrected chi connectivity index (χ3v) is 4.04. The zero-order chi connectivity index (χ0) is 12.7. The van der Waals surface area contributed by atoms with Crippen LogP contribution in [0.1, 0.15) is 29.7 Å². The first-order valence-electron chi connectivity index (χ1n) is 6.58. The number of rotatable bonds is 1. The van der Waals surface area contributed by atoms with Crippen molar-refractivity contribution in [2.24, 2.45) is 7.05 Å². The molecule has 0 atom stereocenters. The average Bonchev–Trinajstić information content (AvgIpc) is 2.66. The minimum atomic E-state index is 0.584. The lowest BCUT2D eigenvalue weighted by atomic mass is 9.90. The van der Waals surface area contributed by atoms with Gasteiger partial charge in [0, 0.05) is 18.3 Å². The van der Waals surface area contributed by atoms with E-state index >= 15 is 0 Å². The van der Waals surface area contributed by atoms with Crippen molar-refractivity contribution in [3.05, 3.63) is 35.0 Å². The molecule has 1 aromatic carbocycles. The number of aryl methyl sites for hydroxylation is 2. The van der Waals surface area contributed by atoms with Gasteiger partial charge in [0.15, 0.2) is 0 Å². The van der Waals surface area contributed by atoms with Gasteiger partial charge in [0.05, 0.1) is 5.69 Å². The molecule has 2 N–H and O–H groups in total. The Morgan fingerprint density at radius 1 is 1.17 bits per heavy atom. The van der Waals surface area contributed by atoms with Gasteiger partial charge in [-0.15, -0.1) is 0 Å². The fourth-order valence-corrected chi connectivity index (χ4v) is 2.76. The highest BCUT2D eigenvalue weighted by Crippen LogP contribution is 2.29. The van der Waals surface area contributed by atoms with E-state index in [9.17, 15) is 0 Å². The molecule has 0 unspecified atom stereocenters. The number of imidazole rings is 1. The Balaban J connectivity index is 2.09. The van der Waals surface area contributed by atoms with Crippen LogP contribution < -0.4 is 5.73 Å². The predicted octanol–water partition coefficient (Wildman–Crippen LogP) is 2.86.